The Morgan fingerprint density at radius 3 is 2.68 bits per heavy atom. The van der Waals surface area contributed by atoms with Gasteiger partial charge in [0.05, 0.1) is 11.2 Å². The molecule has 7 heteroatoms. The molecule has 1 amide bonds. The Balaban J connectivity index is 2.24. The Bertz CT molecular complexity index is 555. The monoisotopic (exact) mass is 275 g/mol. The van der Waals surface area contributed by atoms with Gasteiger partial charge in [0.1, 0.15) is 0 Å². The fraction of sp³-hybridized carbons (Fsp3) is 0.167. The van der Waals surface area contributed by atoms with E-state index in [1.54, 1.807) is 4.90 Å². The SMILES string of the molecule is NC(=S)CCN(C(=O)c1cn[nH]n1)c1ccccc1. The van der Waals surface area contributed by atoms with Crippen LogP contribution in [-0.2, 0) is 0 Å². The summed E-state index contributed by atoms with van der Waals surface area (Å²) >= 11 is 4.86. The van der Waals surface area contributed by atoms with E-state index in [9.17, 15) is 4.79 Å². The van der Waals surface area contributed by atoms with Gasteiger partial charge >= 0.3 is 0 Å². The molecule has 0 bridgehead atoms. The fourth-order valence-corrected chi connectivity index (χ4v) is 1.71. The van der Waals surface area contributed by atoms with Gasteiger partial charge in [-0.1, -0.05) is 30.4 Å². The largest absolute Gasteiger partial charge is 0.393 e. The standard InChI is InChI=1S/C12H13N5OS/c13-11(19)6-7-17(9-4-2-1-3-5-9)12(18)10-8-14-16-15-10/h1-5,8H,6-7H2,(H2,13,19)(H,14,15,16). The van der Waals surface area contributed by atoms with Crippen LogP contribution in [0.3, 0.4) is 0 Å². The minimum Gasteiger partial charge on any atom is -0.393 e. The molecule has 0 spiro atoms. The number of benzene rings is 1. The summed E-state index contributed by atoms with van der Waals surface area (Å²) in [6.07, 6.45) is 1.84. The highest BCUT2D eigenvalue weighted by Gasteiger charge is 2.19. The molecule has 2 aromatic rings. The van der Waals surface area contributed by atoms with E-state index in [-0.39, 0.29) is 11.6 Å². The van der Waals surface area contributed by atoms with E-state index >= 15 is 0 Å². The van der Waals surface area contributed by atoms with Crippen LogP contribution in [0.25, 0.3) is 0 Å². The molecule has 0 saturated carbocycles. The Morgan fingerprint density at radius 1 is 1.37 bits per heavy atom. The molecule has 0 aliphatic heterocycles. The van der Waals surface area contributed by atoms with Crippen molar-refractivity contribution in [3.63, 3.8) is 0 Å². The van der Waals surface area contributed by atoms with E-state index in [0.717, 1.165) is 5.69 Å². The first kappa shape index (κ1) is 13.2. The summed E-state index contributed by atoms with van der Waals surface area (Å²) in [6.45, 7) is 0.408. The van der Waals surface area contributed by atoms with Crippen molar-refractivity contribution in [1.82, 2.24) is 15.4 Å². The van der Waals surface area contributed by atoms with Crippen LogP contribution in [0.15, 0.2) is 36.5 Å². The molecular weight excluding hydrogens is 262 g/mol. The third-order valence-corrected chi connectivity index (χ3v) is 2.73. The molecular formula is C12H13N5OS. The number of rotatable bonds is 5. The van der Waals surface area contributed by atoms with Gasteiger partial charge in [-0.05, 0) is 12.1 Å². The number of amides is 1. The molecule has 19 heavy (non-hydrogen) atoms. The van der Waals surface area contributed by atoms with E-state index in [0.29, 0.717) is 18.0 Å². The van der Waals surface area contributed by atoms with Crippen LogP contribution in [-0.4, -0.2) is 32.9 Å². The van der Waals surface area contributed by atoms with E-state index in [2.05, 4.69) is 15.4 Å². The Hall–Kier alpha value is -2.28. The maximum atomic E-state index is 12.3. The second kappa shape index (κ2) is 6.05. The number of aromatic amines is 1. The maximum absolute atomic E-state index is 12.3. The van der Waals surface area contributed by atoms with Crippen molar-refractivity contribution in [2.45, 2.75) is 6.42 Å². The van der Waals surface area contributed by atoms with Gasteiger partial charge in [0.25, 0.3) is 5.91 Å². The molecule has 0 aliphatic carbocycles. The van der Waals surface area contributed by atoms with Gasteiger partial charge in [-0.2, -0.15) is 15.4 Å². The molecule has 2 rings (SSSR count). The molecule has 0 radical (unpaired) electrons. The van der Waals surface area contributed by atoms with Crippen LogP contribution in [0, 0.1) is 0 Å². The molecule has 3 N–H and O–H groups in total. The normalized spacial score (nSPS) is 10.1. The Morgan fingerprint density at radius 2 is 2.11 bits per heavy atom. The number of nitrogens with zero attached hydrogens (tertiary/aromatic N) is 3. The summed E-state index contributed by atoms with van der Waals surface area (Å²) in [5, 5.41) is 9.86. The fourth-order valence-electron chi connectivity index (χ4n) is 1.62. The number of anilines is 1. The lowest BCUT2D eigenvalue weighted by atomic mass is 10.2. The van der Waals surface area contributed by atoms with Crippen molar-refractivity contribution in [2.24, 2.45) is 5.73 Å². The van der Waals surface area contributed by atoms with Crippen molar-refractivity contribution in [2.75, 3.05) is 11.4 Å². The zero-order chi connectivity index (χ0) is 13.7. The number of hydrogen-bond donors (Lipinski definition) is 2. The molecule has 0 saturated heterocycles. The number of hydrogen-bond acceptors (Lipinski definition) is 4. The number of nitrogens with two attached hydrogens (primary N) is 1. The number of carbonyl (C=O) groups is 1. The lowest BCUT2D eigenvalue weighted by molar-refractivity contribution is 0.0983. The first-order valence-corrected chi connectivity index (χ1v) is 6.10. The van der Waals surface area contributed by atoms with Gasteiger partial charge in [0.15, 0.2) is 5.69 Å². The number of aromatic nitrogens is 3. The first-order valence-electron chi connectivity index (χ1n) is 5.69. The molecule has 0 aliphatic rings. The van der Waals surface area contributed by atoms with E-state index in [1.807, 2.05) is 30.3 Å². The van der Waals surface area contributed by atoms with E-state index in [4.69, 9.17) is 18.0 Å². The number of H-pyrrole nitrogens is 1. The van der Waals surface area contributed by atoms with Crippen LogP contribution in [0.1, 0.15) is 16.9 Å². The van der Waals surface area contributed by atoms with Crippen LogP contribution < -0.4 is 10.6 Å². The molecule has 1 heterocycles. The third kappa shape index (κ3) is 3.35. The Kier molecular flexibility index (Phi) is 4.19. The van der Waals surface area contributed by atoms with E-state index < -0.39 is 0 Å². The summed E-state index contributed by atoms with van der Waals surface area (Å²) in [4.78, 5) is 14.3. The zero-order valence-corrected chi connectivity index (χ0v) is 10.9. The molecule has 1 aromatic carbocycles. The van der Waals surface area contributed by atoms with Crippen LogP contribution in [0.5, 0.6) is 0 Å². The second-order valence-electron chi connectivity index (χ2n) is 3.86. The van der Waals surface area contributed by atoms with Crippen molar-refractivity contribution >= 4 is 28.8 Å². The van der Waals surface area contributed by atoms with Crippen molar-refractivity contribution in [3.05, 3.63) is 42.2 Å². The first-order chi connectivity index (χ1) is 9.18. The summed E-state index contributed by atoms with van der Waals surface area (Å²) in [7, 11) is 0. The van der Waals surface area contributed by atoms with Gasteiger partial charge in [0.2, 0.25) is 0 Å². The third-order valence-electron chi connectivity index (χ3n) is 2.53. The summed E-state index contributed by atoms with van der Waals surface area (Å²) in [5.74, 6) is -0.240. The predicted octanol–water partition coefficient (Wildman–Crippen LogP) is 1.13. The van der Waals surface area contributed by atoms with Crippen LogP contribution in [0.4, 0.5) is 5.69 Å². The van der Waals surface area contributed by atoms with Gasteiger partial charge in [-0.15, -0.1) is 0 Å². The van der Waals surface area contributed by atoms with Crippen LogP contribution in [0.2, 0.25) is 0 Å². The average molecular weight is 275 g/mol. The van der Waals surface area contributed by atoms with Gasteiger partial charge < -0.3 is 10.6 Å². The van der Waals surface area contributed by atoms with Gasteiger partial charge in [-0.25, -0.2) is 0 Å². The highest BCUT2D eigenvalue weighted by molar-refractivity contribution is 7.80. The highest BCUT2D eigenvalue weighted by Crippen LogP contribution is 2.16. The summed E-state index contributed by atoms with van der Waals surface area (Å²) < 4.78 is 0. The number of para-hydroxylation sites is 1. The van der Waals surface area contributed by atoms with E-state index in [1.165, 1.54) is 6.20 Å². The molecule has 1 aromatic heterocycles. The molecule has 0 fully saturated rings. The molecule has 6 nitrogen and oxygen atoms in total. The second-order valence-corrected chi connectivity index (χ2v) is 4.39. The average Bonchev–Trinajstić information content (AvgIpc) is 2.93. The van der Waals surface area contributed by atoms with Crippen LogP contribution >= 0.6 is 12.2 Å². The van der Waals surface area contributed by atoms with Gasteiger partial charge in [-0.3, -0.25) is 4.79 Å². The highest BCUT2D eigenvalue weighted by atomic mass is 32.1. The van der Waals surface area contributed by atoms with Crippen molar-refractivity contribution in [3.8, 4) is 0 Å². The molecule has 98 valence electrons. The number of carbonyl (C=O) groups excluding carboxylic acids is 1. The molecule has 0 atom stereocenters. The van der Waals surface area contributed by atoms with Gasteiger partial charge in [0, 0.05) is 18.7 Å². The lowest BCUT2D eigenvalue weighted by Gasteiger charge is -2.21. The number of nitrogens with one attached hydrogen (secondary N) is 1. The Labute approximate surface area is 115 Å². The predicted molar refractivity (Wildman–Crippen MR) is 75.9 cm³/mol. The van der Waals surface area contributed by atoms with Crippen molar-refractivity contribution in [1.29, 1.82) is 0 Å². The smallest absolute Gasteiger partial charge is 0.280 e. The zero-order valence-electron chi connectivity index (χ0n) is 10.1. The quantitative estimate of drug-likeness (QED) is 0.799. The number of thiocarbonyl (C=S) groups is 1. The minimum absolute atomic E-state index is 0.240. The lowest BCUT2D eigenvalue weighted by Crippen LogP contribution is -2.34. The maximum Gasteiger partial charge on any atom is 0.280 e. The van der Waals surface area contributed by atoms with Crippen molar-refractivity contribution < 1.29 is 4.79 Å². The summed E-state index contributed by atoms with van der Waals surface area (Å²) in [6, 6.07) is 9.29. The molecule has 0 unspecified atom stereocenters. The topological polar surface area (TPSA) is 87.9 Å². The minimum atomic E-state index is -0.240. The summed E-state index contributed by atoms with van der Waals surface area (Å²) in [5.41, 5.74) is 6.52.